The molecule has 0 aromatic rings. The van der Waals surface area contributed by atoms with Crippen molar-refractivity contribution in [1.29, 1.82) is 0 Å². The normalized spacial score (nSPS) is 10.7. The van der Waals surface area contributed by atoms with E-state index in [0.717, 1.165) is 25.1 Å². The van der Waals surface area contributed by atoms with Crippen LogP contribution < -0.4 is 5.32 Å². The summed E-state index contributed by atoms with van der Waals surface area (Å²) in [5.74, 6) is 6.98. The van der Waals surface area contributed by atoms with Gasteiger partial charge in [0.05, 0.1) is 0 Å². The van der Waals surface area contributed by atoms with Crippen LogP contribution in [-0.2, 0) is 0 Å². The monoisotopic (exact) mass is 264 g/mol. The summed E-state index contributed by atoms with van der Waals surface area (Å²) >= 11 is 0. The largest absolute Gasteiger partial charge is 0.388 e. The molecule has 0 amide bonds. The predicted molar refractivity (Wildman–Crippen MR) is 86.0 cm³/mol. The van der Waals surface area contributed by atoms with E-state index < -0.39 is 0 Å². The van der Waals surface area contributed by atoms with Gasteiger partial charge in [-0.25, -0.2) is 0 Å². The van der Waals surface area contributed by atoms with Crippen molar-refractivity contribution in [2.45, 2.75) is 59.4 Å². The molecule has 0 aliphatic heterocycles. The van der Waals surface area contributed by atoms with E-state index in [0.29, 0.717) is 12.0 Å². The number of hydrogen-bond acceptors (Lipinski definition) is 2. The van der Waals surface area contributed by atoms with Gasteiger partial charge in [0.15, 0.2) is 0 Å². The molecule has 0 saturated carbocycles. The molecule has 19 heavy (non-hydrogen) atoms. The average Bonchev–Trinajstić information content (AvgIpc) is 2.35. The molecule has 110 valence electrons. The highest BCUT2D eigenvalue weighted by Crippen LogP contribution is 2.02. The fraction of sp³-hybridized carbons (Fsp3) is 0.765. The van der Waals surface area contributed by atoms with Crippen molar-refractivity contribution >= 4 is 0 Å². The van der Waals surface area contributed by atoms with Crippen LogP contribution in [0, 0.1) is 17.8 Å². The molecule has 0 aliphatic rings. The Bertz CT molecular complexity index is 294. The third kappa shape index (κ3) is 10.7. The van der Waals surface area contributed by atoms with Crippen LogP contribution in [0.4, 0.5) is 0 Å². The quantitative estimate of drug-likeness (QED) is 0.505. The van der Waals surface area contributed by atoms with Crippen LogP contribution in [0.2, 0.25) is 0 Å². The maximum atomic E-state index is 3.98. The van der Waals surface area contributed by atoms with E-state index in [-0.39, 0.29) is 0 Å². The first-order valence-corrected chi connectivity index (χ1v) is 7.53. The summed E-state index contributed by atoms with van der Waals surface area (Å²) in [6.45, 7) is 14.8. The van der Waals surface area contributed by atoms with Gasteiger partial charge in [0, 0.05) is 31.1 Å². The van der Waals surface area contributed by atoms with Crippen LogP contribution in [0.3, 0.4) is 0 Å². The Labute approximate surface area is 120 Å². The zero-order valence-corrected chi connectivity index (χ0v) is 13.6. The van der Waals surface area contributed by atoms with Gasteiger partial charge in [-0.3, -0.25) is 0 Å². The summed E-state index contributed by atoms with van der Waals surface area (Å²) in [7, 11) is 2.18. The van der Waals surface area contributed by atoms with E-state index >= 15 is 0 Å². The molecular weight excluding hydrogens is 232 g/mol. The Hall–Kier alpha value is -0.940. The highest BCUT2D eigenvalue weighted by atomic mass is 15.1. The maximum Gasteiger partial charge on any atom is 0.0262 e. The molecule has 0 radical (unpaired) electrons. The summed E-state index contributed by atoms with van der Waals surface area (Å²) in [6.07, 6.45) is 4.39. The van der Waals surface area contributed by atoms with Gasteiger partial charge in [0.2, 0.25) is 0 Å². The van der Waals surface area contributed by atoms with Gasteiger partial charge >= 0.3 is 0 Å². The molecule has 1 N–H and O–H groups in total. The van der Waals surface area contributed by atoms with E-state index in [1.165, 1.54) is 19.4 Å². The van der Waals surface area contributed by atoms with E-state index in [1.807, 2.05) is 0 Å². The van der Waals surface area contributed by atoms with Crippen molar-refractivity contribution in [1.82, 2.24) is 10.2 Å². The molecule has 0 saturated heterocycles. The van der Waals surface area contributed by atoms with Gasteiger partial charge in [0.25, 0.3) is 0 Å². The molecule has 0 spiro atoms. The molecule has 0 atom stereocenters. The Balaban J connectivity index is 3.44. The van der Waals surface area contributed by atoms with Crippen LogP contribution in [0.5, 0.6) is 0 Å². The predicted octanol–water partition coefficient (Wildman–Crippen LogP) is 3.65. The number of unbranched alkanes of at least 4 members (excludes halogenated alkanes) is 2. The van der Waals surface area contributed by atoms with Gasteiger partial charge in [-0.2, -0.15) is 0 Å². The molecule has 0 unspecified atom stereocenters. The smallest absolute Gasteiger partial charge is 0.0262 e. The highest BCUT2D eigenvalue weighted by molar-refractivity contribution is 5.01. The lowest BCUT2D eigenvalue weighted by atomic mass is 10.1. The van der Waals surface area contributed by atoms with Crippen LogP contribution in [0.15, 0.2) is 12.3 Å². The Morgan fingerprint density at radius 3 is 2.32 bits per heavy atom. The number of hydrogen-bond donors (Lipinski definition) is 1. The lowest BCUT2D eigenvalue weighted by Crippen LogP contribution is -2.27. The molecule has 2 heteroatoms. The summed E-state index contributed by atoms with van der Waals surface area (Å²) in [6, 6.07) is 0.645. The maximum absolute atomic E-state index is 3.98. The first-order valence-electron chi connectivity index (χ1n) is 7.53. The Morgan fingerprint density at radius 2 is 1.74 bits per heavy atom. The molecule has 2 nitrogen and oxygen atoms in total. The lowest BCUT2D eigenvalue weighted by Gasteiger charge is -2.20. The van der Waals surface area contributed by atoms with Crippen molar-refractivity contribution in [3.63, 3.8) is 0 Å². The lowest BCUT2D eigenvalue weighted by molar-refractivity contribution is 0.269. The van der Waals surface area contributed by atoms with E-state index in [1.54, 1.807) is 0 Å². The Kier molecular flexibility index (Phi) is 10.4. The van der Waals surface area contributed by atoms with Gasteiger partial charge < -0.3 is 10.2 Å². The second-order valence-electron chi connectivity index (χ2n) is 5.74. The zero-order chi connectivity index (χ0) is 14.7. The Morgan fingerprint density at radius 1 is 1.11 bits per heavy atom. The van der Waals surface area contributed by atoms with Crippen LogP contribution in [-0.4, -0.2) is 31.1 Å². The first kappa shape index (κ1) is 18.1. The van der Waals surface area contributed by atoms with Crippen molar-refractivity contribution in [3.8, 4) is 11.8 Å². The van der Waals surface area contributed by atoms with Crippen molar-refractivity contribution in [2.75, 3.05) is 20.1 Å². The van der Waals surface area contributed by atoms with Crippen LogP contribution >= 0.6 is 0 Å². The molecular formula is C17H32N2. The summed E-state index contributed by atoms with van der Waals surface area (Å²) in [4.78, 5) is 2.38. The van der Waals surface area contributed by atoms with Crippen molar-refractivity contribution in [2.24, 2.45) is 5.92 Å². The number of allylic oxidation sites excluding steroid dienone is 1. The van der Waals surface area contributed by atoms with Gasteiger partial charge in [-0.05, 0) is 46.2 Å². The second kappa shape index (κ2) is 10.9. The summed E-state index contributed by atoms with van der Waals surface area (Å²) in [5, 5.41) is 3.31. The molecule has 0 aromatic heterocycles. The second-order valence-corrected chi connectivity index (χ2v) is 5.74. The summed E-state index contributed by atoms with van der Waals surface area (Å²) < 4.78 is 0. The number of nitrogens with zero attached hydrogens (tertiary/aromatic N) is 1. The van der Waals surface area contributed by atoms with Gasteiger partial charge in [0.1, 0.15) is 0 Å². The first-order chi connectivity index (χ1) is 8.95. The third-order valence-electron chi connectivity index (χ3n) is 3.37. The molecule has 0 fully saturated rings. The van der Waals surface area contributed by atoms with Crippen LogP contribution in [0.25, 0.3) is 0 Å². The third-order valence-corrected chi connectivity index (χ3v) is 3.37. The average molecular weight is 264 g/mol. The molecule has 0 aromatic carbocycles. The highest BCUT2D eigenvalue weighted by Gasteiger charge is 2.00. The molecule has 0 rings (SSSR count). The summed E-state index contributed by atoms with van der Waals surface area (Å²) in [5.41, 5.74) is 1.11. The fourth-order valence-electron chi connectivity index (χ4n) is 1.50. The molecule has 0 aliphatic carbocycles. The van der Waals surface area contributed by atoms with E-state index in [2.05, 4.69) is 63.4 Å². The minimum absolute atomic E-state index is 0.505. The molecule has 0 bridgehead atoms. The minimum Gasteiger partial charge on any atom is -0.388 e. The van der Waals surface area contributed by atoms with E-state index in [4.69, 9.17) is 0 Å². The number of rotatable bonds is 9. The molecule has 0 heterocycles. The van der Waals surface area contributed by atoms with Crippen molar-refractivity contribution < 1.29 is 0 Å². The van der Waals surface area contributed by atoms with Gasteiger partial charge in [-0.15, -0.1) is 11.8 Å². The van der Waals surface area contributed by atoms with E-state index in [9.17, 15) is 0 Å². The topological polar surface area (TPSA) is 15.3 Å². The minimum atomic E-state index is 0.505. The zero-order valence-electron chi connectivity index (χ0n) is 13.6. The standard InChI is InChI=1S/C17H32N2/c1-15(2)17(5)18-13-11-9-7-8-10-12-14-19(6)16(3)4/h15-16,18H,5,8,10-14H2,1-4,6H3. The van der Waals surface area contributed by atoms with Crippen LogP contribution in [0.1, 0.15) is 53.4 Å². The fourth-order valence-corrected chi connectivity index (χ4v) is 1.50. The number of nitrogens with one attached hydrogen (secondary N) is 1. The van der Waals surface area contributed by atoms with Gasteiger partial charge in [-0.1, -0.05) is 20.4 Å². The SMILES string of the molecule is C=C(NCCC#CCCCCN(C)C(C)C)C(C)C. The van der Waals surface area contributed by atoms with Crippen molar-refractivity contribution in [3.05, 3.63) is 12.3 Å².